The van der Waals surface area contributed by atoms with Crippen molar-refractivity contribution in [1.29, 1.82) is 0 Å². The SMILES string of the molecule is COc1ccccc1C(=O)N1CCN=C1SCc1cccc(F)c1. The molecule has 0 radical (unpaired) electrons. The number of ether oxygens (including phenoxy) is 1. The van der Waals surface area contributed by atoms with Crippen LogP contribution in [0.15, 0.2) is 53.5 Å². The van der Waals surface area contributed by atoms with Gasteiger partial charge in [0.15, 0.2) is 5.17 Å². The van der Waals surface area contributed by atoms with E-state index in [0.29, 0.717) is 35.3 Å². The van der Waals surface area contributed by atoms with Gasteiger partial charge >= 0.3 is 0 Å². The highest BCUT2D eigenvalue weighted by Crippen LogP contribution is 2.25. The summed E-state index contributed by atoms with van der Waals surface area (Å²) in [4.78, 5) is 18.9. The molecule has 0 saturated carbocycles. The van der Waals surface area contributed by atoms with E-state index in [4.69, 9.17) is 4.74 Å². The molecule has 2 aromatic rings. The molecule has 0 bridgehead atoms. The van der Waals surface area contributed by atoms with Crippen molar-refractivity contribution in [3.05, 3.63) is 65.5 Å². The van der Waals surface area contributed by atoms with Gasteiger partial charge in [0.1, 0.15) is 11.6 Å². The maximum atomic E-state index is 13.3. The lowest BCUT2D eigenvalue weighted by Crippen LogP contribution is -2.33. The predicted molar refractivity (Wildman–Crippen MR) is 94.0 cm³/mol. The molecule has 6 heteroatoms. The summed E-state index contributed by atoms with van der Waals surface area (Å²) in [5.41, 5.74) is 1.38. The number of amides is 1. The van der Waals surface area contributed by atoms with Crippen LogP contribution in [0.5, 0.6) is 5.75 Å². The fourth-order valence-corrected chi connectivity index (χ4v) is 3.47. The molecule has 0 aliphatic carbocycles. The van der Waals surface area contributed by atoms with Gasteiger partial charge in [-0.15, -0.1) is 0 Å². The van der Waals surface area contributed by atoms with Gasteiger partial charge in [0.25, 0.3) is 5.91 Å². The molecule has 1 aliphatic heterocycles. The summed E-state index contributed by atoms with van der Waals surface area (Å²) in [5, 5.41) is 0.662. The third kappa shape index (κ3) is 3.59. The van der Waals surface area contributed by atoms with Gasteiger partial charge in [-0.2, -0.15) is 0 Å². The van der Waals surface area contributed by atoms with Crippen LogP contribution in [0.25, 0.3) is 0 Å². The first-order chi connectivity index (χ1) is 11.7. The maximum Gasteiger partial charge on any atom is 0.263 e. The Balaban J connectivity index is 1.72. The standard InChI is InChI=1S/C18H17FN2O2S/c1-23-16-8-3-2-7-15(16)17(22)21-10-9-20-18(21)24-12-13-5-4-6-14(19)11-13/h2-8,11H,9-10,12H2,1H3. The average molecular weight is 344 g/mol. The van der Waals surface area contributed by atoms with E-state index in [1.54, 1.807) is 30.2 Å². The minimum atomic E-state index is -0.261. The molecule has 0 atom stereocenters. The molecular weight excluding hydrogens is 327 g/mol. The molecule has 124 valence electrons. The lowest BCUT2D eigenvalue weighted by molar-refractivity contribution is 0.0857. The highest BCUT2D eigenvalue weighted by Gasteiger charge is 2.27. The van der Waals surface area contributed by atoms with Gasteiger partial charge in [0.2, 0.25) is 0 Å². The van der Waals surface area contributed by atoms with E-state index in [2.05, 4.69) is 4.99 Å². The number of rotatable bonds is 4. The fourth-order valence-electron chi connectivity index (χ4n) is 2.48. The number of nitrogens with zero attached hydrogens (tertiary/aromatic N) is 2. The van der Waals surface area contributed by atoms with Gasteiger partial charge in [-0.25, -0.2) is 4.39 Å². The monoisotopic (exact) mass is 344 g/mol. The van der Waals surface area contributed by atoms with Crippen LogP contribution < -0.4 is 4.74 Å². The molecule has 0 N–H and O–H groups in total. The minimum Gasteiger partial charge on any atom is -0.496 e. The van der Waals surface area contributed by atoms with Crippen LogP contribution in [0.2, 0.25) is 0 Å². The topological polar surface area (TPSA) is 41.9 Å². The molecule has 0 saturated heterocycles. The van der Waals surface area contributed by atoms with Crippen molar-refractivity contribution in [2.75, 3.05) is 20.2 Å². The molecule has 0 fully saturated rings. The highest BCUT2D eigenvalue weighted by molar-refractivity contribution is 8.13. The summed E-state index contributed by atoms with van der Waals surface area (Å²) in [5.74, 6) is 0.717. The number of aliphatic imine (C=N–C) groups is 1. The van der Waals surface area contributed by atoms with E-state index in [9.17, 15) is 9.18 Å². The van der Waals surface area contributed by atoms with Crippen molar-refractivity contribution in [2.45, 2.75) is 5.75 Å². The van der Waals surface area contributed by atoms with Crippen LogP contribution in [-0.2, 0) is 5.75 Å². The second-order valence-electron chi connectivity index (χ2n) is 5.24. The molecule has 0 aromatic heterocycles. The molecule has 0 spiro atoms. The summed E-state index contributed by atoms with van der Waals surface area (Å²) < 4.78 is 18.5. The van der Waals surface area contributed by atoms with E-state index in [1.165, 1.54) is 23.9 Å². The van der Waals surface area contributed by atoms with Gasteiger partial charge < -0.3 is 4.74 Å². The molecule has 2 aromatic carbocycles. The zero-order valence-electron chi connectivity index (χ0n) is 13.2. The third-order valence-electron chi connectivity index (χ3n) is 3.64. The fraction of sp³-hybridized carbons (Fsp3) is 0.222. The molecule has 1 amide bonds. The number of hydrogen-bond donors (Lipinski definition) is 0. The molecular formula is C18H17FN2O2S. The largest absolute Gasteiger partial charge is 0.496 e. The van der Waals surface area contributed by atoms with Gasteiger partial charge in [-0.1, -0.05) is 36.0 Å². The Bertz CT molecular complexity index is 779. The van der Waals surface area contributed by atoms with Crippen LogP contribution in [0, 0.1) is 5.82 Å². The van der Waals surface area contributed by atoms with Crippen LogP contribution in [0.1, 0.15) is 15.9 Å². The van der Waals surface area contributed by atoms with Gasteiger partial charge in [-0.3, -0.25) is 14.7 Å². The van der Waals surface area contributed by atoms with Gasteiger partial charge in [0.05, 0.1) is 19.2 Å². The Kier molecular flexibility index (Phi) is 5.15. The third-order valence-corrected chi connectivity index (χ3v) is 4.73. The van der Waals surface area contributed by atoms with Crippen molar-refractivity contribution >= 4 is 22.8 Å². The second-order valence-corrected chi connectivity index (χ2v) is 6.18. The average Bonchev–Trinajstić information content (AvgIpc) is 3.08. The number of halogens is 1. The smallest absolute Gasteiger partial charge is 0.263 e. The van der Waals surface area contributed by atoms with E-state index in [-0.39, 0.29) is 11.7 Å². The summed E-state index contributed by atoms with van der Waals surface area (Å²) >= 11 is 1.44. The number of para-hydroxylation sites is 1. The highest BCUT2D eigenvalue weighted by atomic mass is 32.2. The van der Waals surface area contributed by atoms with E-state index in [0.717, 1.165) is 5.56 Å². The van der Waals surface area contributed by atoms with Crippen LogP contribution in [0.4, 0.5) is 4.39 Å². The number of methoxy groups -OCH3 is 1. The quantitative estimate of drug-likeness (QED) is 0.851. The predicted octanol–water partition coefficient (Wildman–Crippen LogP) is 3.58. The van der Waals surface area contributed by atoms with Gasteiger partial charge in [0, 0.05) is 12.3 Å². The number of thioether (sulfide) groups is 1. The van der Waals surface area contributed by atoms with Crippen molar-refractivity contribution in [3.63, 3.8) is 0 Å². The van der Waals surface area contributed by atoms with Gasteiger partial charge in [-0.05, 0) is 29.8 Å². The second kappa shape index (κ2) is 7.49. The zero-order valence-corrected chi connectivity index (χ0v) is 14.1. The minimum absolute atomic E-state index is 0.129. The molecule has 3 rings (SSSR count). The lowest BCUT2D eigenvalue weighted by atomic mass is 10.2. The Labute approximate surface area is 144 Å². The Morgan fingerprint density at radius 2 is 2.12 bits per heavy atom. The summed E-state index contributed by atoms with van der Waals surface area (Å²) in [6, 6.07) is 13.6. The number of carbonyl (C=O) groups is 1. The summed E-state index contributed by atoms with van der Waals surface area (Å²) in [7, 11) is 1.55. The molecule has 4 nitrogen and oxygen atoms in total. The lowest BCUT2D eigenvalue weighted by Gasteiger charge is -2.19. The molecule has 1 aliphatic rings. The Morgan fingerprint density at radius 3 is 2.92 bits per heavy atom. The normalized spacial score (nSPS) is 13.8. The van der Waals surface area contributed by atoms with Crippen molar-refractivity contribution in [1.82, 2.24) is 4.90 Å². The number of carbonyl (C=O) groups excluding carboxylic acids is 1. The van der Waals surface area contributed by atoms with Crippen molar-refractivity contribution in [2.24, 2.45) is 4.99 Å². The van der Waals surface area contributed by atoms with E-state index >= 15 is 0 Å². The van der Waals surface area contributed by atoms with Crippen LogP contribution in [0.3, 0.4) is 0 Å². The molecule has 1 heterocycles. The van der Waals surface area contributed by atoms with Crippen LogP contribution >= 0.6 is 11.8 Å². The van der Waals surface area contributed by atoms with E-state index < -0.39 is 0 Å². The first kappa shape index (κ1) is 16.5. The number of amidine groups is 1. The maximum absolute atomic E-state index is 13.3. The summed E-state index contributed by atoms with van der Waals surface area (Å²) in [6.45, 7) is 1.12. The Hall–Kier alpha value is -2.34. The summed E-state index contributed by atoms with van der Waals surface area (Å²) in [6.07, 6.45) is 0. The van der Waals surface area contributed by atoms with Crippen LogP contribution in [-0.4, -0.2) is 36.2 Å². The molecule has 24 heavy (non-hydrogen) atoms. The van der Waals surface area contributed by atoms with Crippen molar-refractivity contribution in [3.8, 4) is 5.75 Å². The van der Waals surface area contributed by atoms with E-state index in [1.807, 2.05) is 18.2 Å². The first-order valence-corrected chi connectivity index (χ1v) is 8.54. The molecule has 0 unspecified atom stereocenters. The number of hydrogen-bond acceptors (Lipinski definition) is 4. The van der Waals surface area contributed by atoms with Crippen molar-refractivity contribution < 1.29 is 13.9 Å². The Morgan fingerprint density at radius 1 is 1.29 bits per heavy atom. The zero-order chi connectivity index (χ0) is 16.9. The first-order valence-electron chi connectivity index (χ1n) is 7.55. The number of benzene rings is 2.